The summed E-state index contributed by atoms with van der Waals surface area (Å²) in [6, 6.07) is 15.6. The van der Waals surface area contributed by atoms with Crippen molar-refractivity contribution < 1.29 is 14.6 Å². The molecule has 4 nitrogen and oxygen atoms in total. The average molecular weight is 394 g/mol. The van der Waals surface area contributed by atoms with Gasteiger partial charge in [-0.25, -0.2) is 0 Å². The van der Waals surface area contributed by atoms with Crippen LogP contribution in [-0.4, -0.2) is 43.4 Å². The van der Waals surface area contributed by atoms with Gasteiger partial charge in [-0.15, -0.1) is 0 Å². The van der Waals surface area contributed by atoms with Crippen molar-refractivity contribution in [2.24, 2.45) is 0 Å². The highest BCUT2D eigenvalue weighted by molar-refractivity contribution is 9.10. The third-order valence-electron chi connectivity index (χ3n) is 4.00. The summed E-state index contributed by atoms with van der Waals surface area (Å²) in [5.74, 6) is 1.61. The van der Waals surface area contributed by atoms with Gasteiger partial charge in [0, 0.05) is 22.6 Å². The molecule has 0 radical (unpaired) electrons. The van der Waals surface area contributed by atoms with E-state index in [4.69, 9.17) is 9.47 Å². The lowest BCUT2D eigenvalue weighted by Gasteiger charge is -2.28. The maximum absolute atomic E-state index is 10.3. The molecule has 5 heteroatoms. The molecule has 2 aromatic rings. The molecule has 2 aromatic carbocycles. The molecule has 0 aliphatic heterocycles. The summed E-state index contributed by atoms with van der Waals surface area (Å²) < 4.78 is 12.1. The molecule has 24 heavy (non-hydrogen) atoms. The number of hydrogen-bond donors (Lipinski definition) is 1. The van der Waals surface area contributed by atoms with Gasteiger partial charge in [-0.2, -0.15) is 0 Å². The van der Waals surface area contributed by atoms with Crippen molar-refractivity contribution in [1.82, 2.24) is 4.90 Å². The van der Waals surface area contributed by atoms with Crippen molar-refractivity contribution in [1.29, 1.82) is 0 Å². The number of halogens is 1. The third kappa shape index (κ3) is 5.23. The first-order valence-electron chi connectivity index (χ1n) is 7.91. The largest absolute Gasteiger partial charge is 0.496 e. The second-order valence-electron chi connectivity index (χ2n) is 5.78. The number of nitrogens with zero attached hydrogens (tertiary/aromatic N) is 1. The highest BCUT2D eigenvalue weighted by Gasteiger charge is 2.18. The summed E-state index contributed by atoms with van der Waals surface area (Å²) in [6.07, 6.45) is -0.573. The Labute approximate surface area is 152 Å². The van der Waals surface area contributed by atoms with E-state index in [0.29, 0.717) is 6.54 Å². The van der Waals surface area contributed by atoms with Crippen molar-refractivity contribution >= 4 is 15.9 Å². The first-order chi connectivity index (χ1) is 11.5. The number of ether oxygens (including phenoxy) is 2. The van der Waals surface area contributed by atoms with Crippen LogP contribution in [0.3, 0.4) is 0 Å². The Balaban J connectivity index is 1.88. The number of likely N-dealkylation sites (N-methyl/N-ethyl adjacent to an activating group) is 1. The maximum Gasteiger partial charge on any atom is 0.123 e. The summed E-state index contributed by atoms with van der Waals surface area (Å²) in [5, 5.41) is 10.3. The van der Waals surface area contributed by atoms with Gasteiger partial charge in [0.25, 0.3) is 0 Å². The fraction of sp³-hybridized carbons (Fsp3) is 0.368. The predicted molar refractivity (Wildman–Crippen MR) is 99.7 cm³/mol. The molecular weight excluding hydrogens is 370 g/mol. The zero-order valence-electron chi connectivity index (χ0n) is 14.3. The van der Waals surface area contributed by atoms with Crippen LogP contribution in [0.2, 0.25) is 0 Å². The lowest BCUT2D eigenvalue weighted by Crippen LogP contribution is -2.34. The molecule has 0 aliphatic rings. The second-order valence-corrected chi connectivity index (χ2v) is 6.69. The van der Waals surface area contributed by atoms with E-state index in [1.807, 2.05) is 55.6 Å². The van der Waals surface area contributed by atoms with Gasteiger partial charge in [-0.05, 0) is 44.3 Å². The molecule has 0 spiro atoms. The molecule has 0 amide bonds. The second kappa shape index (κ2) is 9.06. The van der Waals surface area contributed by atoms with Crippen LogP contribution in [0.25, 0.3) is 0 Å². The summed E-state index contributed by atoms with van der Waals surface area (Å²) in [7, 11) is 3.66. The van der Waals surface area contributed by atoms with Crippen molar-refractivity contribution in [3.8, 4) is 11.5 Å². The van der Waals surface area contributed by atoms with Crippen LogP contribution in [-0.2, 0) is 0 Å². The van der Waals surface area contributed by atoms with Crippen LogP contribution in [0.15, 0.2) is 53.0 Å². The minimum Gasteiger partial charge on any atom is -0.496 e. The highest BCUT2D eigenvalue weighted by atomic mass is 79.9. The molecular formula is C19H24BrNO3. The summed E-state index contributed by atoms with van der Waals surface area (Å²) >= 11 is 3.39. The Morgan fingerprint density at radius 1 is 1.12 bits per heavy atom. The van der Waals surface area contributed by atoms with Gasteiger partial charge in [0.15, 0.2) is 0 Å². The monoisotopic (exact) mass is 393 g/mol. The SMILES string of the molecule is COc1ccccc1[C@H](C)N(C)C[C@@H](O)COc1ccc(Br)cc1. The lowest BCUT2D eigenvalue weighted by atomic mass is 10.1. The van der Waals surface area contributed by atoms with Crippen LogP contribution in [0.4, 0.5) is 0 Å². The zero-order chi connectivity index (χ0) is 17.5. The molecule has 0 aliphatic carbocycles. The Morgan fingerprint density at radius 3 is 2.46 bits per heavy atom. The van der Waals surface area contributed by atoms with Gasteiger partial charge in [-0.3, -0.25) is 4.90 Å². The number of methoxy groups -OCH3 is 1. The summed E-state index contributed by atoms with van der Waals surface area (Å²) in [4.78, 5) is 2.09. The molecule has 0 aromatic heterocycles. The summed E-state index contributed by atoms with van der Waals surface area (Å²) in [6.45, 7) is 2.86. The van der Waals surface area contributed by atoms with Crippen LogP contribution >= 0.6 is 15.9 Å². The molecule has 1 N–H and O–H groups in total. The Kier molecular flexibility index (Phi) is 7.09. The van der Waals surface area contributed by atoms with Crippen molar-refractivity contribution in [3.05, 3.63) is 58.6 Å². The number of aliphatic hydroxyl groups excluding tert-OH is 1. The molecule has 0 saturated carbocycles. The quantitative estimate of drug-likeness (QED) is 0.738. The number of aliphatic hydroxyl groups is 1. The molecule has 0 saturated heterocycles. The van der Waals surface area contributed by atoms with E-state index in [0.717, 1.165) is 21.5 Å². The minimum atomic E-state index is -0.573. The number of hydrogen-bond acceptors (Lipinski definition) is 4. The van der Waals surface area contributed by atoms with Crippen LogP contribution in [0, 0.1) is 0 Å². The molecule has 130 valence electrons. The van der Waals surface area contributed by atoms with E-state index in [9.17, 15) is 5.11 Å². The fourth-order valence-corrected chi connectivity index (χ4v) is 2.78. The normalized spacial score (nSPS) is 13.6. The smallest absolute Gasteiger partial charge is 0.123 e. The molecule has 2 rings (SSSR count). The van der Waals surface area contributed by atoms with Crippen LogP contribution in [0.5, 0.6) is 11.5 Å². The van der Waals surface area contributed by atoms with E-state index < -0.39 is 6.10 Å². The van der Waals surface area contributed by atoms with Crippen LogP contribution in [0.1, 0.15) is 18.5 Å². The molecule has 0 heterocycles. The average Bonchev–Trinajstić information content (AvgIpc) is 2.60. The topological polar surface area (TPSA) is 41.9 Å². The van der Waals surface area contributed by atoms with E-state index in [2.05, 4.69) is 27.8 Å². The van der Waals surface area contributed by atoms with E-state index in [-0.39, 0.29) is 12.6 Å². The van der Waals surface area contributed by atoms with E-state index in [1.165, 1.54) is 0 Å². The van der Waals surface area contributed by atoms with Gasteiger partial charge in [0.05, 0.1) is 7.11 Å². The molecule has 0 bridgehead atoms. The summed E-state index contributed by atoms with van der Waals surface area (Å²) in [5.41, 5.74) is 1.10. The van der Waals surface area contributed by atoms with Gasteiger partial charge in [0.1, 0.15) is 24.2 Å². The minimum absolute atomic E-state index is 0.128. The van der Waals surface area contributed by atoms with E-state index >= 15 is 0 Å². The van der Waals surface area contributed by atoms with Crippen molar-refractivity contribution in [3.63, 3.8) is 0 Å². The number of rotatable bonds is 8. The maximum atomic E-state index is 10.3. The lowest BCUT2D eigenvalue weighted by molar-refractivity contribution is 0.0650. The number of benzene rings is 2. The Morgan fingerprint density at radius 2 is 1.79 bits per heavy atom. The van der Waals surface area contributed by atoms with Gasteiger partial charge in [-0.1, -0.05) is 34.1 Å². The first-order valence-corrected chi connectivity index (χ1v) is 8.70. The fourth-order valence-electron chi connectivity index (χ4n) is 2.52. The Bertz CT molecular complexity index is 633. The highest BCUT2D eigenvalue weighted by Crippen LogP contribution is 2.28. The Hall–Kier alpha value is -1.56. The van der Waals surface area contributed by atoms with Gasteiger partial charge >= 0.3 is 0 Å². The molecule has 0 fully saturated rings. The third-order valence-corrected chi connectivity index (χ3v) is 4.53. The van der Waals surface area contributed by atoms with Crippen LogP contribution < -0.4 is 9.47 Å². The van der Waals surface area contributed by atoms with Crippen molar-refractivity contribution in [2.45, 2.75) is 19.1 Å². The van der Waals surface area contributed by atoms with Gasteiger partial charge in [0.2, 0.25) is 0 Å². The zero-order valence-corrected chi connectivity index (χ0v) is 15.9. The van der Waals surface area contributed by atoms with Gasteiger partial charge < -0.3 is 14.6 Å². The standard InChI is InChI=1S/C19H24BrNO3/c1-14(18-6-4-5-7-19(18)23-3)21(2)12-16(22)13-24-17-10-8-15(20)9-11-17/h4-11,14,16,22H,12-13H2,1-3H3/t14-,16+/m0/s1. The predicted octanol–water partition coefficient (Wildman–Crippen LogP) is 3.89. The molecule has 0 unspecified atom stereocenters. The van der Waals surface area contributed by atoms with Crippen molar-refractivity contribution in [2.75, 3.05) is 27.3 Å². The number of para-hydroxylation sites is 1. The molecule has 2 atom stereocenters. The first kappa shape index (κ1) is 18.8. The van der Waals surface area contributed by atoms with E-state index in [1.54, 1.807) is 7.11 Å².